The van der Waals surface area contributed by atoms with Crippen LogP contribution in [-0.2, 0) is 23.8 Å². The number of esters is 1. The molecule has 1 aliphatic heterocycles. The van der Waals surface area contributed by atoms with Gasteiger partial charge in [-0.05, 0) is 19.1 Å². The molecule has 0 aromatic heterocycles. The highest BCUT2D eigenvalue weighted by Crippen LogP contribution is 2.31. The number of aliphatic hydroxyl groups excluding tert-OH is 1. The standard InChI is InChI=1S/C14H15F3O7S/c1-8-12(24-25(20,21)14(15,16)17)10(7-11(18)22-8)23-13(19)9-5-3-2-4-6-9/h2-6,8,10-12,18H,7H2,1H3/t8-,10-,11+,12-/m1/s1. The molecule has 0 amide bonds. The lowest BCUT2D eigenvalue weighted by molar-refractivity contribution is -0.222. The molecule has 25 heavy (non-hydrogen) atoms. The maximum absolute atomic E-state index is 12.5. The van der Waals surface area contributed by atoms with Crippen LogP contribution in [0.4, 0.5) is 13.2 Å². The lowest BCUT2D eigenvalue weighted by atomic mass is 10.0. The molecule has 1 aromatic rings. The molecule has 1 aromatic carbocycles. The third-order valence-corrected chi connectivity index (χ3v) is 4.47. The van der Waals surface area contributed by atoms with E-state index in [1.807, 2.05) is 0 Å². The summed E-state index contributed by atoms with van der Waals surface area (Å²) in [6.07, 6.45) is -6.38. The minimum atomic E-state index is -5.93. The van der Waals surface area contributed by atoms with Crippen LogP contribution in [-0.4, -0.2) is 49.6 Å². The number of rotatable bonds is 4. The zero-order valence-corrected chi connectivity index (χ0v) is 13.7. The molecule has 1 aliphatic rings. The van der Waals surface area contributed by atoms with Crippen molar-refractivity contribution in [3.63, 3.8) is 0 Å². The topological polar surface area (TPSA) is 99.1 Å². The van der Waals surface area contributed by atoms with Gasteiger partial charge in [0.2, 0.25) is 0 Å². The highest BCUT2D eigenvalue weighted by molar-refractivity contribution is 7.87. The fourth-order valence-electron chi connectivity index (χ4n) is 2.25. The van der Waals surface area contributed by atoms with Gasteiger partial charge in [0.05, 0.1) is 11.7 Å². The Balaban J connectivity index is 2.21. The van der Waals surface area contributed by atoms with Crippen molar-refractivity contribution < 1.29 is 45.1 Å². The first-order valence-corrected chi connectivity index (χ1v) is 8.51. The molecule has 0 aliphatic carbocycles. The highest BCUT2D eigenvalue weighted by Gasteiger charge is 2.52. The van der Waals surface area contributed by atoms with E-state index in [-0.39, 0.29) is 5.56 Å². The third kappa shape index (κ3) is 4.69. The number of hydrogen-bond acceptors (Lipinski definition) is 7. The van der Waals surface area contributed by atoms with E-state index in [0.29, 0.717) is 0 Å². The molecule has 1 N–H and O–H groups in total. The first kappa shape index (κ1) is 19.6. The van der Waals surface area contributed by atoms with Gasteiger partial charge in [-0.1, -0.05) is 18.2 Å². The quantitative estimate of drug-likeness (QED) is 0.478. The molecule has 11 heteroatoms. The van der Waals surface area contributed by atoms with E-state index in [9.17, 15) is 31.5 Å². The Morgan fingerprint density at radius 1 is 1.28 bits per heavy atom. The monoisotopic (exact) mass is 384 g/mol. The molecule has 2 rings (SSSR count). The van der Waals surface area contributed by atoms with Gasteiger partial charge in [0, 0.05) is 6.42 Å². The van der Waals surface area contributed by atoms with Crippen LogP contribution in [0, 0.1) is 0 Å². The molecule has 1 heterocycles. The highest BCUT2D eigenvalue weighted by atomic mass is 32.2. The van der Waals surface area contributed by atoms with E-state index in [0.717, 1.165) is 0 Å². The molecule has 0 unspecified atom stereocenters. The van der Waals surface area contributed by atoms with Gasteiger partial charge in [-0.15, -0.1) is 0 Å². The summed E-state index contributed by atoms with van der Waals surface area (Å²) in [4.78, 5) is 12.1. The Labute approximate surface area is 141 Å². The average molecular weight is 384 g/mol. The van der Waals surface area contributed by atoms with E-state index in [1.165, 1.54) is 19.1 Å². The zero-order valence-electron chi connectivity index (χ0n) is 12.8. The average Bonchev–Trinajstić information content (AvgIpc) is 2.50. The summed E-state index contributed by atoms with van der Waals surface area (Å²) in [6.45, 7) is 1.20. The van der Waals surface area contributed by atoms with Crippen molar-refractivity contribution in [2.45, 2.75) is 43.5 Å². The molecule has 0 radical (unpaired) electrons. The molecular formula is C14H15F3O7S. The zero-order chi connectivity index (χ0) is 18.8. The SMILES string of the molecule is C[C@H]1O[C@H](O)C[C@@H](OC(=O)c2ccccc2)[C@@H]1OS(=O)(=O)C(F)(F)F. The van der Waals surface area contributed by atoms with Crippen molar-refractivity contribution in [3.05, 3.63) is 35.9 Å². The van der Waals surface area contributed by atoms with Crippen molar-refractivity contribution in [2.75, 3.05) is 0 Å². The number of benzene rings is 1. The van der Waals surface area contributed by atoms with Crippen LogP contribution < -0.4 is 0 Å². The second-order valence-electron chi connectivity index (χ2n) is 5.30. The van der Waals surface area contributed by atoms with E-state index in [1.54, 1.807) is 18.2 Å². The predicted molar refractivity (Wildman–Crippen MR) is 76.7 cm³/mol. The minimum absolute atomic E-state index is 0.105. The van der Waals surface area contributed by atoms with Crippen molar-refractivity contribution in [1.29, 1.82) is 0 Å². The molecule has 0 saturated carbocycles. The summed E-state index contributed by atoms with van der Waals surface area (Å²) in [6, 6.07) is 7.53. The summed E-state index contributed by atoms with van der Waals surface area (Å²) >= 11 is 0. The Morgan fingerprint density at radius 2 is 1.88 bits per heavy atom. The third-order valence-electron chi connectivity index (χ3n) is 3.42. The van der Waals surface area contributed by atoms with Gasteiger partial charge in [0.25, 0.3) is 0 Å². The predicted octanol–water partition coefficient (Wildman–Crippen LogP) is 1.57. The molecule has 1 fully saturated rings. The number of alkyl halides is 3. The Morgan fingerprint density at radius 3 is 2.44 bits per heavy atom. The lowest BCUT2D eigenvalue weighted by Crippen LogP contribution is -2.52. The Hall–Kier alpha value is -1.69. The van der Waals surface area contributed by atoms with Crippen LogP contribution in [0.5, 0.6) is 0 Å². The second kappa shape index (κ2) is 7.28. The summed E-state index contributed by atoms with van der Waals surface area (Å²) < 4.78 is 74.2. The maximum atomic E-state index is 12.5. The number of hydrogen-bond donors (Lipinski definition) is 1. The smallest absolute Gasteiger partial charge is 0.456 e. The molecule has 0 bridgehead atoms. The van der Waals surface area contributed by atoms with Gasteiger partial charge in [-0.2, -0.15) is 21.6 Å². The molecule has 0 spiro atoms. The second-order valence-corrected chi connectivity index (χ2v) is 6.87. The van der Waals surface area contributed by atoms with Gasteiger partial charge in [-0.25, -0.2) is 4.79 Å². The van der Waals surface area contributed by atoms with Gasteiger partial charge < -0.3 is 14.6 Å². The van der Waals surface area contributed by atoms with Crippen LogP contribution in [0.15, 0.2) is 30.3 Å². The molecule has 140 valence electrons. The van der Waals surface area contributed by atoms with E-state index >= 15 is 0 Å². The van der Waals surface area contributed by atoms with E-state index in [2.05, 4.69) is 4.18 Å². The first-order valence-electron chi connectivity index (χ1n) is 7.10. The number of halogens is 3. The molecule has 4 atom stereocenters. The Kier molecular flexibility index (Phi) is 5.72. The fraction of sp³-hybridized carbons (Fsp3) is 0.500. The van der Waals surface area contributed by atoms with Gasteiger partial charge in [0.1, 0.15) is 12.2 Å². The maximum Gasteiger partial charge on any atom is 0.523 e. The van der Waals surface area contributed by atoms with Crippen molar-refractivity contribution >= 4 is 16.1 Å². The number of carbonyl (C=O) groups is 1. The van der Waals surface area contributed by atoms with Crippen LogP contribution in [0.2, 0.25) is 0 Å². The van der Waals surface area contributed by atoms with Gasteiger partial charge in [-0.3, -0.25) is 4.18 Å². The normalized spacial score (nSPS) is 27.7. The Bertz CT molecular complexity index is 705. The largest absolute Gasteiger partial charge is 0.523 e. The molecular weight excluding hydrogens is 369 g/mol. The summed E-state index contributed by atoms with van der Waals surface area (Å²) in [5.41, 5.74) is -5.54. The molecule has 1 saturated heterocycles. The van der Waals surface area contributed by atoms with Gasteiger partial charge >= 0.3 is 21.6 Å². The fourth-order valence-corrected chi connectivity index (χ4v) is 2.93. The summed E-state index contributed by atoms with van der Waals surface area (Å²) in [5, 5.41) is 9.57. The first-order chi connectivity index (χ1) is 11.5. The summed E-state index contributed by atoms with van der Waals surface area (Å²) in [5.74, 6) is -0.898. The lowest BCUT2D eigenvalue weighted by Gasteiger charge is -2.37. The van der Waals surface area contributed by atoms with Crippen LogP contribution >= 0.6 is 0 Å². The summed E-state index contributed by atoms with van der Waals surface area (Å²) in [7, 11) is -5.93. The van der Waals surface area contributed by atoms with Crippen molar-refractivity contribution in [1.82, 2.24) is 0 Å². The number of aliphatic hydroxyl groups is 1. The van der Waals surface area contributed by atoms with Crippen molar-refractivity contribution in [2.24, 2.45) is 0 Å². The number of carbonyl (C=O) groups excluding carboxylic acids is 1. The van der Waals surface area contributed by atoms with Crippen LogP contribution in [0.3, 0.4) is 0 Å². The van der Waals surface area contributed by atoms with Gasteiger partial charge in [0.15, 0.2) is 6.29 Å². The molecule has 7 nitrogen and oxygen atoms in total. The van der Waals surface area contributed by atoms with Crippen LogP contribution in [0.1, 0.15) is 23.7 Å². The van der Waals surface area contributed by atoms with Crippen molar-refractivity contribution in [3.8, 4) is 0 Å². The minimum Gasteiger partial charge on any atom is -0.456 e. The number of ether oxygens (including phenoxy) is 2. The van der Waals surface area contributed by atoms with Crippen LogP contribution in [0.25, 0.3) is 0 Å². The van der Waals surface area contributed by atoms with E-state index in [4.69, 9.17) is 9.47 Å². The van der Waals surface area contributed by atoms with E-state index < -0.39 is 52.6 Å².